The number of carbonyl (C=O) groups excluding carboxylic acids is 1. The zero-order chi connectivity index (χ0) is 12.3. The summed E-state index contributed by atoms with van der Waals surface area (Å²) in [6.45, 7) is 7.22. The predicted molar refractivity (Wildman–Crippen MR) is 61.3 cm³/mol. The Kier molecular flexibility index (Phi) is 3.68. The van der Waals surface area contributed by atoms with Gasteiger partial charge in [0.05, 0.1) is 0 Å². The molecule has 1 amide bonds. The molecule has 1 atom stereocenters. The molecule has 0 bridgehead atoms. The number of nitrogens with one attached hydrogen (secondary N) is 2. The number of likely N-dealkylation sites (tertiary alicyclic amines) is 1. The number of amides is 1. The third-order valence-electron chi connectivity index (χ3n) is 3.15. The van der Waals surface area contributed by atoms with E-state index in [1.807, 2.05) is 0 Å². The van der Waals surface area contributed by atoms with E-state index in [-0.39, 0.29) is 11.7 Å². The third-order valence-corrected chi connectivity index (χ3v) is 3.15. The predicted octanol–water partition coefficient (Wildman–Crippen LogP) is -0.340. The van der Waals surface area contributed by atoms with E-state index in [0.717, 1.165) is 19.5 Å². The van der Waals surface area contributed by atoms with Crippen LogP contribution in [0.25, 0.3) is 0 Å². The Morgan fingerprint density at radius 1 is 1.65 bits per heavy atom. The Hall–Kier alpha value is -1.50. The summed E-state index contributed by atoms with van der Waals surface area (Å²) in [4.78, 5) is 14.0. The monoisotopic (exact) mass is 238 g/mol. The highest BCUT2D eigenvalue weighted by Crippen LogP contribution is 2.17. The second kappa shape index (κ2) is 5.22. The molecule has 2 heterocycles. The maximum atomic E-state index is 11.6. The van der Waals surface area contributed by atoms with Crippen molar-refractivity contribution in [3.8, 4) is 0 Å². The topological polar surface area (TPSA) is 86.8 Å². The second-order valence-corrected chi connectivity index (χ2v) is 4.69. The highest BCUT2D eigenvalue weighted by molar-refractivity contribution is 5.89. The molecule has 1 aliphatic rings. The fraction of sp³-hybridized carbons (Fsp3) is 0.800. The van der Waals surface area contributed by atoms with Gasteiger partial charge >= 0.3 is 0 Å². The van der Waals surface area contributed by atoms with Gasteiger partial charge in [0.15, 0.2) is 0 Å². The summed E-state index contributed by atoms with van der Waals surface area (Å²) in [5.41, 5.74) is 0. The van der Waals surface area contributed by atoms with Crippen LogP contribution in [0, 0.1) is 5.92 Å². The van der Waals surface area contributed by atoms with Crippen molar-refractivity contribution >= 4 is 5.91 Å². The van der Waals surface area contributed by atoms with Gasteiger partial charge in [-0.1, -0.05) is 0 Å². The van der Waals surface area contributed by atoms with Gasteiger partial charge in [-0.25, -0.2) is 0 Å². The zero-order valence-corrected chi connectivity index (χ0v) is 10.2. The number of rotatable bonds is 4. The average Bonchev–Trinajstić information content (AvgIpc) is 2.97. The zero-order valence-electron chi connectivity index (χ0n) is 10.2. The van der Waals surface area contributed by atoms with E-state index in [4.69, 9.17) is 0 Å². The molecule has 7 nitrogen and oxygen atoms in total. The van der Waals surface area contributed by atoms with Crippen LogP contribution in [-0.4, -0.2) is 57.1 Å². The van der Waals surface area contributed by atoms with Crippen molar-refractivity contribution in [3.05, 3.63) is 5.82 Å². The molecular formula is C10H18N6O. The Bertz CT molecular complexity index is 363. The van der Waals surface area contributed by atoms with Crippen LogP contribution in [0.1, 0.15) is 30.9 Å². The molecule has 2 rings (SSSR count). The number of H-pyrrole nitrogens is 1. The van der Waals surface area contributed by atoms with Gasteiger partial charge in [0, 0.05) is 19.1 Å². The molecule has 1 aliphatic heterocycles. The lowest BCUT2D eigenvalue weighted by atomic mass is 10.1. The summed E-state index contributed by atoms with van der Waals surface area (Å²) >= 11 is 0. The van der Waals surface area contributed by atoms with E-state index < -0.39 is 0 Å². The van der Waals surface area contributed by atoms with Crippen molar-refractivity contribution in [1.29, 1.82) is 0 Å². The van der Waals surface area contributed by atoms with Crippen molar-refractivity contribution in [1.82, 2.24) is 30.8 Å². The first-order valence-corrected chi connectivity index (χ1v) is 5.92. The lowest BCUT2D eigenvalue weighted by Crippen LogP contribution is -2.33. The van der Waals surface area contributed by atoms with Crippen molar-refractivity contribution < 1.29 is 4.79 Å². The lowest BCUT2D eigenvalue weighted by Gasteiger charge is -2.20. The van der Waals surface area contributed by atoms with Gasteiger partial charge in [0.2, 0.25) is 0 Å². The maximum Gasteiger partial charge on any atom is 0.292 e. The summed E-state index contributed by atoms with van der Waals surface area (Å²) in [5.74, 6) is 0.360. The number of hydrogen-bond acceptors (Lipinski definition) is 5. The summed E-state index contributed by atoms with van der Waals surface area (Å²) in [6, 6.07) is 0.577. The Morgan fingerprint density at radius 3 is 3.06 bits per heavy atom. The van der Waals surface area contributed by atoms with E-state index in [1.165, 1.54) is 0 Å². The molecule has 1 aromatic heterocycles. The van der Waals surface area contributed by atoms with Gasteiger partial charge in [-0.15, -0.1) is 10.2 Å². The minimum atomic E-state index is -0.262. The fourth-order valence-corrected chi connectivity index (χ4v) is 2.07. The van der Waals surface area contributed by atoms with Crippen LogP contribution < -0.4 is 5.32 Å². The first kappa shape index (κ1) is 12.0. The van der Waals surface area contributed by atoms with Gasteiger partial charge in [-0.05, 0) is 37.9 Å². The van der Waals surface area contributed by atoms with Crippen LogP contribution in [0.4, 0.5) is 0 Å². The normalized spacial score (nSPS) is 21.0. The van der Waals surface area contributed by atoms with E-state index in [0.29, 0.717) is 18.5 Å². The first-order valence-electron chi connectivity index (χ1n) is 5.92. The lowest BCUT2D eigenvalue weighted by molar-refractivity contribution is 0.0937. The Labute approximate surface area is 100.0 Å². The molecule has 0 spiro atoms. The first-order chi connectivity index (χ1) is 8.16. The van der Waals surface area contributed by atoms with Gasteiger partial charge in [-0.3, -0.25) is 4.79 Å². The maximum absolute atomic E-state index is 11.6. The molecule has 1 saturated heterocycles. The SMILES string of the molecule is CC(C)N1CCC(CNC(=O)c2nn[nH]n2)C1. The van der Waals surface area contributed by atoms with E-state index in [9.17, 15) is 4.79 Å². The molecule has 2 N–H and O–H groups in total. The van der Waals surface area contributed by atoms with Crippen LogP contribution in [0.3, 0.4) is 0 Å². The molecule has 1 fully saturated rings. The third kappa shape index (κ3) is 3.00. The molecule has 1 unspecified atom stereocenters. The van der Waals surface area contributed by atoms with Crippen molar-refractivity contribution in [2.75, 3.05) is 19.6 Å². The van der Waals surface area contributed by atoms with Gasteiger partial charge in [0.25, 0.3) is 11.7 Å². The summed E-state index contributed by atoms with van der Waals surface area (Å²) in [6.07, 6.45) is 1.13. The molecule has 0 aliphatic carbocycles. The minimum absolute atomic E-state index is 0.101. The average molecular weight is 238 g/mol. The number of aromatic nitrogens is 4. The standard InChI is InChI=1S/C10H18N6O/c1-7(2)16-4-3-8(6-16)5-11-10(17)9-12-14-15-13-9/h7-8H,3-6H2,1-2H3,(H,11,17)(H,12,13,14,15). The largest absolute Gasteiger partial charge is 0.349 e. The molecule has 7 heteroatoms. The van der Waals surface area contributed by atoms with Crippen LogP contribution >= 0.6 is 0 Å². The minimum Gasteiger partial charge on any atom is -0.349 e. The molecule has 0 radical (unpaired) electrons. The summed E-state index contributed by atoms with van der Waals surface area (Å²) in [5, 5.41) is 15.7. The molecule has 0 aromatic carbocycles. The number of hydrogen-bond donors (Lipinski definition) is 2. The molecule has 0 saturated carbocycles. The Morgan fingerprint density at radius 2 is 2.47 bits per heavy atom. The molecule has 1 aromatic rings. The van der Waals surface area contributed by atoms with Crippen LogP contribution in [0.15, 0.2) is 0 Å². The number of carbonyl (C=O) groups is 1. The molecular weight excluding hydrogens is 220 g/mol. The van der Waals surface area contributed by atoms with Crippen molar-refractivity contribution in [2.24, 2.45) is 5.92 Å². The van der Waals surface area contributed by atoms with Crippen molar-refractivity contribution in [2.45, 2.75) is 26.3 Å². The van der Waals surface area contributed by atoms with Crippen LogP contribution in [-0.2, 0) is 0 Å². The fourth-order valence-electron chi connectivity index (χ4n) is 2.07. The van der Waals surface area contributed by atoms with E-state index in [1.54, 1.807) is 0 Å². The molecule has 17 heavy (non-hydrogen) atoms. The number of tetrazole rings is 1. The van der Waals surface area contributed by atoms with Gasteiger partial charge in [0.1, 0.15) is 0 Å². The van der Waals surface area contributed by atoms with Crippen LogP contribution in [0.5, 0.6) is 0 Å². The van der Waals surface area contributed by atoms with E-state index >= 15 is 0 Å². The van der Waals surface area contributed by atoms with Crippen molar-refractivity contribution in [3.63, 3.8) is 0 Å². The summed E-state index contributed by atoms with van der Waals surface area (Å²) in [7, 11) is 0. The quantitative estimate of drug-likeness (QED) is 0.749. The second-order valence-electron chi connectivity index (χ2n) is 4.69. The smallest absolute Gasteiger partial charge is 0.292 e. The van der Waals surface area contributed by atoms with Gasteiger partial charge < -0.3 is 10.2 Å². The van der Waals surface area contributed by atoms with E-state index in [2.05, 4.69) is 44.7 Å². The highest BCUT2D eigenvalue weighted by atomic mass is 16.2. The molecule has 94 valence electrons. The van der Waals surface area contributed by atoms with Gasteiger partial charge in [-0.2, -0.15) is 5.21 Å². The highest BCUT2D eigenvalue weighted by Gasteiger charge is 2.24. The Balaban J connectivity index is 1.75. The number of nitrogens with zero attached hydrogens (tertiary/aromatic N) is 4. The number of aromatic amines is 1. The summed E-state index contributed by atoms with van der Waals surface area (Å²) < 4.78 is 0. The van der Waals surface area contributed by atoms with Crippen LogP contribution in [0.2, 0.25) is 0 Å².